The van der Waals surface area contributed by atoms with Crippen LogP contribution in [-0.4, -0.2) is 148 Å². The van der Waals surface area contributed by atoms with Gasteiger partial charge in [-0.1, -0.05) is 124 Å². The monoisotopic (exact) mass is 1150 g/mol. The fourth-order valence-corrected chi connectivity index (χ4v) is 14.5. The number of benzene rings is 2. The summed E-state index contributed by atoms with van der Waals surface area (Å²) in [6.45, 7) is 5.57. The lowest BCUT2D eigenvalue weighted by atomic mass is 9.89. The van der Waals surface area contributed by atoms with E-state index in [0.717, 1.165) is 88.2 Å². The highest BCUT2D eigenvalue weighted by Gasteiger charge is 2.64. The SMILES string of the molecule is CO[C@@H]1C[C@H]2C(=O)C[C@]3(C(=O)N4CCC[C@@H]4C(=O)CCc4ccccc4)C[C@H]3/C=C\CCCCC[C@H](C)C(=O)N2C1.C[C@H]1CCCCC/C=C\[C@@H]2C[C@@]2(C(=O)N2CCC[C@@H]2C(=O)CCc2ccccc2)CC(=O)[C@@H]2C[C@@H](O)CN2C1=O.[2H]CF. The Morgan fingerprint density at radius 2 is 1.05 bits per heavy atom. The van der Waals surface area contributed by atoms with Crippen LogP contribution in [0.1, 0.15) is 168 Å². The molecule has 0 radical (unpaired) electrons. The van der Waals surface area contributed by atoms with Crippen molar-refractivity contribution in [3.63, 3.8) is 0 Å². The molecule has 6 fully saturated rings. The first kappa shape index (κ1) is 61.9. The predicted octanol–water partition coefficient (Wildman–Crippen LogP) is 9.77. The lowest BCUT2D eigenvalue weighted by Gasteiger charge is -2.31. The minimum Gasteiger partial charge on any atom is -0.391 e. The van der Waals surface area contributed by atoms with E-state index in [4.69, 9.17) is 6.11 Å². The number of rotatable bonds is 11. The molecule has 6 aliphatic heterocycles. The van der Waals surface area contributed by atoms with Gasteiger partial charge in [-0.15, -0.1) is 0 Å². The molecule has 12 atom stereocenters. The molecule has 452 valence electrons. The predicted molar refractivity (Wildman–Crippen MR) is 316 cm³/mol. The number of aliphatic hydroxyl groups is 1. The molecule has 2 aromatic rings. The summed E-state index contributed by atoms with van der Waals surface area (Å²) in [4.78, 5) is 117. The van der Waals surface area contributed by atoms with Gasteiger partial charge in [0.05, 0.1) is 55.7 Å². The molecular weight excluding hydrogens is 1050 g/mol. The molecule has 2 aliphatic carbocycles. The van der Waals surface area contributed by atoms with Gasteiger partial charge in [0.2, 0.25) is 23.6 Å². The molecule has 15 heteroatoms. The maximum atomic E-state index is 14.3. The van der Waals surface area contributed by atoms with Crippen LogP contribution in [0.25, 0.3) is 0 Å². The molecule has 1 N–H and O–H groups in total. The number of allylic oxidation sites excluding steroid dienone is 4. The maximum Gasteiger partial charge on any atom is 0.230 e. The number of carbonyl (C=O) groups is 8. The van der Waals surface area contributed by atoms with Gasteiger partial charge in [0.25, 0.3) is 0 Å². The quantitative estimate of drug-likeness (QED) is 0.213. The summed E-state index contributed by atoms with van der Waals surface area (Å²) in [6, 6.07) is 17.8. The number of aliphatic hydroxyl groups excluding tert-OH is 1. The number of hydrogen-bond acceptors (Lipinski definition) is 10. The Bertz CT molecular complexity index is 2670. The van der Waals surface area contributed by atoms with E-state index in [2.05, 4.69) is 24.3 Å². The van der Waals surface area contributed by atoms with Gasteiger partial charge in [-0.3, -0.25) is 42.7 Å². The normalized spacial score (nSPS) is 33.1. The van der Waals surface area contributed by atoms with Crippen LogP contribution in [0.3, 0.4) is 0 Å². The van der Waals surface area contributed by atoms with Crippen molar-refractivity contribution in [2.45, 2.75) is 204 Å². The summed E-state index contributed by atoms with van der Waals surface area (Å²) in [5.41, 5.74) is 0.553. The number of carbonyl (C=O) groups excluding carboxylic acids is 8. The first-order valence-electron chi connectivity index (χ1n) is 32.1. The van der Waals surface area contributed by atoms with Crippen LogP contribution >= 0.6 is 0 Å². The third kappa shape index (κ3) is 15.2. The fourth-order valence-electron chi connectivity index (χ4n) is 14.5. The highest BCUT2D eigenvalue weighted by Crippen LogP contribution is 2.60. The Labute approximate surface area is 493 Å². The van der Waals surface area contributed by atoms with E-state index < -0.39 is 48.3 Å². The third-order valence-electron chi connectivity index (χ3n) is 19.7. The van der Waals surface area contributed by atoms with Crippen molar-refractivity contribution >= 4 is 46.8 Å². The lowest BCUT2D eigenvalue weighted by molar-refractivity contribution is -0.146. The molecule has 4 saturated heterocycles. The van der Waals surface area contributed by atoms with Crippen molar-refractivity contribution in [2.24, 2.45) is 34.5 Å². The summed E-state index contributed by atoms with van der Waals surface area (Å²) in [7, 11) is 0.630. The third-order valence-corrected chi connectivity index (χ3v) is 19.7. The minimum absolute atomic E-state index is 0.00699. The number of aryl methyl sites for hydroxylation is 2. The van der Waals surface area contributed by atoms with Gasteiger partial charge in [-0.2, -0.15) is 0 Å². The van der Waals surface area contributed by atoms with Crippen LogP contribution in [0, 0.1) is 34.5 Å². The second-order valence-electron chi connectivity index (χ2n) is 25.4. The number of fused-ring (bicyclic) bond motifs is 4. The highest BCUT2D eigenvalue weighted by atomic mass is 19.1. The largest absolute Gasteiger partial charge is 0.391 e. The minimum atomic E-state index is -1.00. The fraction of sp³-hybridized carbons (Fsp3) is 0.647. The zero-order chi connectivity index (χ0) is 60.0. The van der Waals surface area contributed by atoms with Crippen LogP contribution in [-0.2, 0) is 55.9 Å². The van der Waals surface area contributed by atoms with Gasteiger partial charge < -0.3 is 29.4 Å². The number of alkyl halides is 1. The van der Waals surface area contributed by atoms with Crippen molar-refractivity contribution in [3.05, 3.63) is 96.1 Å². The number of nitrogens with zero attached hydrogens (tertiary/aromatic N) is 4. The molecule has 4 amide bonds. The molecule has 14 nitrogen and oxygen atoms in total. The van der Waals surface area contributed by atoms with Gasteiger partial charge in [-0.05, 0) is 113 Å². The first-order valence-corrected chi connectivity index (χ1v) is 31.4. The molecular formula is C68H93FN4O10. The highest BCUT2D eigenvalue weighted by molar-refractivity contribution is 6.00. The molecule has 0 unspecified atom stereocenters. The van der Waals surface area contributed by atoms with Gasteiger partial charge in [0.15, 0.2) is 23.1 Å². The number of amides is 4. The van der Waals surface area contributed by atoms with E-state index in [1.807, 2.05) is 74.5 Å². The van der Waals surface area contributed by atoms with E-state index in [1.54, 1.807) is 26.7 Å². The Hall–Kier alpha value is -5.67. The second-order valence-corrected chi connectivity index (χ2v) is 25.4. The van der Waals surface area contributed by atoms with Crippen LogP contribution in [0.4, 0.5) is 4.39 Å². The standard InChI is InChI=1S/C34H46N2O5.C33H44N2O5.CH3F/c1-24-12-7-4-3-5-10-15-26-21-34(26,22-31(38)29-20-27(41-2)23-36(29)32(24)39)33(40)35-19-11-16-28(35)30(37)18-17-25-13-8-6-9-14-25;1-23-11-6-3-2-4-9-14-25-20-33(25,21-30(38)28-19-26(36)22-35(28)31(23)39)32(40)34-18-10-15-27(34)29(37)17-16-24-12-7-5-8-13-24;1-2/h6,8-10,13-15,24,26-29H,3-5,7,11-12,16-23H2,1-2H3;5,7-9,12-14,23,25-28,36H,2-4,6,10-11,15-22H2,1H3;1H3/b15-10-;14-9-;/t24-,26+,27+,28+,29-,34+;23-,25+,26+,27+,28-,33+;/m00./s1/i;;1D. The van der Waals surface area contributed by atoms with Crippen molar-refractivity contribution in [1.29, 1.82) is 0 Å². The van der Waals surface area contributed by atoms with Gasteiger partial charge >= 0.3 is 0 Å². The van der Waals surface area contributed by atoms with Crippen molar-refractivity contribution in [1.82, 2.24) is 19.6 Å². The second kappa shape index (κ2) is 29.4. The Morgan fingerprint density at radius 1 is 0.614 bits per heavy atom. The average molecular weight is 1150 g/mol. The van der Waals surface area contributed by atoms with Crippen LogP contribution in [0.2, 0.25) is 0 Å². The topological polar surface area (TPSA) is 179 Å². The summed E-state index contributed by atoms with van der Waals surface area (Å²) in [5.74, 6) is -0.548. The number of Topliss-reactive ketones (excluding diaryl/α,β-unsaturated/α-hetero) is 4. The molecule has 83 heavy (non-hydrogen) atoms. The smallest absolute Gasteiger partial charge is 0.230 e. The molecule has 2 saturated carbocycles. The number of likely N-dealkylation sites (tertiary alicyclic amines) is 2. The van der Waals surface area contributed by atoms with Crippen molar-refractivity contribution < 1.29 is 54.0 Å². The number of hydrogen-bond donors (Lipinski definition) is 1. The summed E-state index contributed by atoms with van der Waals surface area (Å²) >= 11 is 0. The van der Waals surface area contributed by atoms with Crippen LogP contribution in [0.5, 0.6) is 0 Å². The Morgan fingerprint density at radius 3 is 1.49 bits per heavy atom. The van der Waals surface area contributed by atoms with Crippen LogP contribution < -0.4 is 0 Å². The van der Waals surface area contributed by atoms with E-state index in [1.165, 1.54) is 0 Å². The Balaban J connectivity index is 0.000000209. The molecule has 2 aromatic carbocycles. The number of ketones is 4. The molecule has 0 aromatic heterocycles. The van der Waals surface area contributed by atoms with E-state index in [9.17, 15) is 47.9 Å². The Kier molecular flexibility index (Phi) is 21.9. The summed E-state index contributed by atoms with van der Waals surface area (Å²) in [6.07, 6.45) is 24.4. The summed E-state index contributed by atoms with van der Waals surface area (Å²) in [5, 5.41) is 10.4. The molecule has 0 bridgehead atoms. The van der Waals surface area contributed by atoms with E-state index >= 15 is 0 Å². The molecule has 6 heterocycles. The number of ether oxygens (including phenoxy) is 1. The number of halogens is 1. The van der Waals surface area contributed by atoms with Crippen molar-refractivity contribution in [2.75, 3.05) is 40.4 Å². The first-order chi connectivity index (χ1) is 40.5. The van der Waals surface area contributed by atoms with Gasteiger partial charge in [-0.25, -0.2) is 0 Å². The molecule has 10 rings (SSSR count). The molecule has 0 spiro atoms. The van der Waals surface area contributed by atoms with E-state index in [-0.39, 0.29) is 102 Å². The zero-order valence-electron chi connectivity index (χ0n) is 50.7. The zero-order valence-corrected chi connectivity index (χ0v) is 49.7. The van der Waals surface area contributed by atoms with Gasteiger partial charge in [0.1, 0.15) is 0 Å². The average Bonchev–Trinajstić information content (AvgIpc) is 2.72. The number of methoxy groups -OCH3 is 1. The van der Waals surface area contributed by atoms with Crippen molar-refractivity contribution in [3.8, 4) is 0 Å². The maximum absolute atomic E-state index is 14.3. The van der Waals surface area contributed by atoms with Crippen LogP contribution in [0.15, 0.2) is 85.0 Å². The van der Waals surface area contributed by atoms with E-state index in [0.29, 0.717) is 77.4 Å². The lowest BCUT2D eigenvalue weighted by Crippen LogP contribution is -2.47. The summed E-state index contributed by atoms with van der Waals surface area (Å²) < 4.78 is 21.1. The molecule has 8 aliphatic rings. The van der Waals surface area contributed by atoms with Gasteiger partial charge in [0, 0.05) is 83.6 Å².